The van der Waals surface area contributed by atoms with Gasteiger partial charge in [0.2, 0.25) is 0 Å². The van der Waals surface area contributed by atoms with Crippen LogP contribution >= 0.6 is 39.9 Å². The Morgan fingerprint density at radius 2 is 2.03 bits per heavy atom. The van der Waals surface area contributed by atoms with Crippen LogP contribution in [0.15, 0.2) is 21.5 Å². The molecule has 170 valence electrons. The molecule has 1 saturated heterocycles. The Balaban J connectivity index is 2.05. The number of amides is 1. The number of halogens is 1. The van der Waals surface area contributed by atoms with Crippen LogP contribution in [0.2, 0.25) is 0 Å². The molecule has 1 heterocycles. The van der Waals surface area contributed by atoms with E-state index in [-0.39, 0.29) is 12.3 Å². The summed E-state index contributed by atoms with van der Waals surface area (Å²) in [6, 6.07) is 3.74. The molecule has 1 N–H and O–H groups in total. The Hall–Kier alpha value is -1.58. The zero-order chi connectivity index (χ0) is 22.8. The molecule has 31 heavy (non-hydrogen) atoms. The van der Waals surface area contributed by atoms with Crippen LogP contribution in [0, 0.1) is 0 Å². The van der Waals surface area contributed by atoms with Gasteiger partial charge < -0.3 is 14.6 Å². The van der Waals surface area contributed by atoms with Crippen molar-refractivity contribution < 1.29 is 24.2 Å². The van der Waals surface area contributed by atoms with E-state index in [0.717, 1.165) is 42.1 Å². The summed E-state index contributed by atoms with van der Waals surface area (Å²) in [5.41, 5.74) is 0.812. The SMILES string of the molecule is CCCCCOc1c(Br)cc(/C=C2\SC(=S)N(CCCCCC(=O)O)C2=O)cc1OC. The van der Waals surface area contributed by atoms with Crippen LogP contribution in [-0.4, -0.2) is 46.5 Å². The van der Waals surface area contributed by atoms with E-state index in [4.69, 9.17) is 26.8 Å². The highest BCUT2D eigenvalue weighted by Gasteiger charge is 2.31. The molecule has 1 aromatic carbocycles. The molecular weight excluding hydrogens is 502 g/mol. The summed E-state index contributed by atoms with van der Waals surface area (Å²) in [5, 5.41) is 8.71. The van der Waals surface area contributed by atoms with Gasteiger partial charge in [0.05, 0.1) is 23.1 Å². The number of unbranched alkanes of at least 4 members (excludes halogenated alkanes) is 4. The summed E-state index contributed by atoms with van der Waals surface area (Å²) in [4.78, 5) is 25.5. The molecule has 0 bridgehead atoms. The minimum Gasteiger partial charge on any atom is -0.493 e. The predicted octanol–water partition coefficient (Wildman–Crippen LogP) is 5.87. The smallest absolute Gasteiger partial charge is 0.303 e. The Morgan fingerprint density at radius 1 is 1.26 bits per heavy atom. The van der Waals surface area contributed by atoms with E-state index in [0.29, 0.717) is 40.3 Å². The minimum atomic E-state index is -0.799. The highest BCUT2D eigenvalue weighted by atomic mass is 79.9. The third-order valence-electron chi connectivity index (χ3n) is 4.69. The van der Waals surface area contributed by atoms with Gasteiger partial charge in [-0.25, -0.2) is 0 Å². The number of carbonyl (C=O) groups excluding carboxylic acids is 1. The monoisotopic (exact) mass is 529 g/mol. The van der Waals surface area contributed by atoms with Gasteiger partial charge in [0, 0.05) is 13.0 Å². The Kier molecular flexibility index (Phi) is 10.8. The average molecular weight is 531 g/mol. The van der Waals surface area contributed by atoms with E-state index >= 15 is 0 Å². The van der Waals surface area contributed by atoms with Gasteiger partial charge in [0.15, 0.2) is 11.5 Å². The predicted molar refractivity (Wildman–Crippen MR) is 132 cm³/mol. The second-order valence-corrected chi connectivity index (χ2v) is 9.66. The lowest BCUT2D eigenvalue weighted by molar-refractivity contribution is -0.137. The molecule has 1 amide bonds. The van der Waals surface area contributed by atoms with Crippen molar-refractivity contribution in [1.29, 1.82) is 0 Å². The minimum absolute atomic E-state index is 0.122. The molecule has 6 nitrogen and oxygen atoms in total. The van der Waals surface area contributed by atoms with Gasteiger partial charge in [-0.1, -0.05) is 50.2 Å². The van der Waals surface area contributed by atoms with Crippen molar-refractivity contribution in [3.63, 3.8) is 0 Å². The molecule has 2 rings (SSSR count). The van der Waals surface area contributed by atoms with E-state index in [1.54, 1.807) is 18.1 Å². The number of carboxylic acids is 1. The van der Waals surface area contributed by atoms with Gasteiger partial charge in [-0.3, -0.25) is 14.5 Å². The first-order chi connectivity index (χ1) is 14.9. The molecule has 0 aromatic heterocycles. The number of carbonyl (C=O) groups is 2. The van der Waals surface area contributed by atoms with Crippen LogP contribution in [0.25, 0.3) is 6.08 Å². The first-order valence-corrected chi connectivity index (χ1v) is 12.4. The van der Waals surface area contributed by atoms with Crippen LogP contribution in [0.1, 0.15) is 57.4 Å². The zero-order valence-corrected chi connectivity index (χ0v) is 21.0. The quantitative estimate of drug-likeness (QED) is 0.194. The van der Waals surface area contributed by atoms with Crippen LogP contribution in [-0.2, 0) is 9.59 Å². The number of thiocarbonyl (C=S) groups is 1. The van der Waals surface area contributed by atoms with Crippen molar-refractivity contribution >= 4 is 62.2 Å². The number of nitrogens with zero attached hydrogens (tertiary/aromatic N) is 1. The van der Waals surface area contributed by atoms with Crippen molar-refractivity contribution in [2.75, 3.05) is 20.3 Å². The molecule has 0 aliphatic carbocycles. The van der Waals surface area contributed by atoms with Gasteiger partial charge in [0.1, 0.15) is 4.32 Å². The van der Waals surface area contributed by atoms with Gasteiger partial charge in [0.25, 0.3) is 5.91 Å². The normalized spacial score (nSPS) is 15.1. The Labute approximate surface area is 201 Å². The van der Waals surface area contributed by atoms with Crippen molar-refractivity contribution in [1.82, 2.24) is 4.90 Å². The first-order valence-electron chi connectivity index (χ1n) is 10.3. The summed E-state index contributed by atoms with van der Waals surface area (Å²) < 4.78 is 12.7. The molecule has 9 heteroatoms. The maximum atomic E-state index is 12.8. The number of ether oxygens (including phenoxy) is 2. The van der Waals surface area contributed by atoms with Crippen molar-refractivity contribution in [2.45, 2.75) is 51.9 Å². The second-order valence-electron chi connectivity index (χ2n) is 7.13. The fraction of sp³-hybridized carbons (Fsp3) is 0.500. The van der Waals surface area contributed by atoms with E-state index in [2.05, 4.69) is 22.9 Å². The molecule has 1 aliphatic rings. The first kappa shape index (κ1) is 25.7. The van der Waals surface area contributed by atoms with Gasteiger partial charge in [-0.05, 0) is 59.0 Å². The fourth-order valence-corrected chi connectivity index (χ4v) is 4.94. The van der Waals surface area contributed by atoms with E-state index < -0.39 is 5.97 Å². The van der Waals surface area contributed by atoms with E-state index in [1.807, 2.05) is 12.1 Å². The molecule has 1 aliphatic heterocycles. The summed E-state index contributed by atoms with van der Waals surface area (Å²) in [6.45, 7) is 3.26. The number of thioether (sulfide) groups is 1. The lowest BCUT2D eigenvalue weighted by Gasteiger charge is -2.14. The maximum absolute atomic E-state index is 12.8. The van der Waals surface area contributed by atoms with Gasteiger partial charge >= 0.3 is 5.97 Å². The second kappa shape index (κ2) is 13.1. The number of rotatable bonds is 13. The molecular formula is C22H28BrNO5S2. The fourth-order valence-electron chi connectivity index (χ4n) is 3.06. The molecule has 1 aromatic rings. The highest BCUT2D eigenvalue weighted by Crippen LogP contribution is 2.39. The lowest BCUT2D eigenvalue weighted by Crippen LogP contribution is -2.29. The van der Waals surface area contributed by atoms with Crippen LogP contribution in [0.3, 0.4) is 0 Å². The summed E-state index contributed by atoms with van der Waals surface area (Å²) >= 11 is 10.2. The van der Waals surface area contributed by atoms with Crippen molar-refractivity contribution in [3.8, 4) is 11.5 Å². The van der Waals surface area contributed by atoms with Crippen molar-refractivity contribution in [2.24, 2.45) is 0 Å². The molecule has 0 spiro atoms. The molecule has 0 atom stereocenters. The molecule has 1 fully saturated rings. The molecule has 0 saturated carbocycles. The summed E-state index contributed by atoms with van der Waals surface area (Å²) in [6.07, 6.45) is 7.22. The zero-order valence-electron chi connectivity index (χ0n) is 17.8. The molecule has 0 radical (unpaired) electrons. The number of methoxy groups -OCH3 is 1. The lowest BCUT2D eigenvalue weighted by atomic mass is 10.1. The highest BCUT2D eigenvalue weighted by molar-refractivity contribution is 9.10. The van der Waals surface area contributed by atoms with Gasteiger partial charge in [-0.15, -0.1) is 0 Å². The Morgan fingerprint density at radius 3 is 2.71 bits per heavy atom. The number of hydrogen-bond acceptors (Lipinski definition) is 6. The maximum Gasteiger partial charge on any atom is 0.303 e. The number of hydrogen-bond donors (Lipinski definition) is 1. The Bertz CT molecular complexity index is 843. The number of carboxylic acid groups (broad SMARTS) is 1. The topological polar surface area (TPSA) is 76.1 Å². The van der Waals surface area contributed by atoms with Crippen molar-refractivity contribution in [3.05, 3.63) is 27.1 Å². The summed E-state index contributed by atoms with van der Waals surface area (Å²) in [5.74, 6) is 0.339. The standard InChI is InChI=1S/C22H28BrNO5S2/c1-3-4-8-11-29-20-16(23)12-15(13-17(20)28-2)14-18-21(27)24(22(30)31-18)10-7-5-6-9-19(25)26/h12-14H,3-11H2,1-2H3,(H,25,26)/b18-14-. The third kappa shape index (κ3) is 7.80. The summed E-state index contributed by atoms with van der Waals surface area (Å²) in [7, 11) is 1.59. The molecule has 0 unspecified atom stereocenters. The largest absolute Gasteiger partial charge is 0.493 e. The van der Waals surface area contributed by atoms with E-state index in [1.165, 1.54) is 11.8 Å². The van der Waals surface area contributed by atoms with Crippen LogP contribution in [0.5, 0.6) is 11.5 Å². The average Bonchev–Trinajstić information content (AvgIpc) is 2.98. The van der Waals surface area contributed by atoms with Gasteiger partial charge in [-0.2, -0.15) is 0 Å². The van der Waals surface area contributed by atoms with Crippen LogP contribution in [0.4, 0.5) is 0 Å². The van der Waals surface area contributed by atoms with E-state index in [9.17, 15) is 9.59 Å². The number of benzene rings is 1. The third-order valence-corrected chi connectivity index (χ3v) is 6.66. The van der Waals surface area contributed by atoms with Crippen LogP contribution < -0.4 is 9.47 Å². The number of aliphatic carboxylic acids is 1.